The van der Waals surface area contributed by atoms with Crippen LogP contribution in [0.2, 0.25) is 5.02 Å². The summed E-state index contributed by atoms with van der Waals surface area (Å²) in [5.41, 5.74) is 5.47. The van der Waals surface area contributed by atoms with Crippen LogP contribution in [0.1, 0.15) is 12.8 Å². The molecule has 0 radical (unpaired) electrons. The Labute approximate surface area is 111 Å². The molecule has 1 saturated carbocycles. The fourth-order valence-corrected chi connectivity index (χ4v) is 3.11. The Morgan fingerprint density at radius 1 is 1.44 bits per heavy atom. The standard InChI is InChI=1S/C11H15ClN2O3S/c12-8-1-2-10(9(13)5-8)18(16,17)14-6-11(7-15)3-4-11/h1-2,5,14-15H,3-4,6-7,13H2. The van der Waals surface area contributed by atoms with Gasteiger partial charge in [-0.1, -0.05) is 11.6 Å². The number of nitrogens with one attached hydrogen (secondary N) is 1. The van der Waals surface area contributed by atoms with Gasteiger partial charge in [-0.3, -0.25) is 0 Å². The van der Waals surface area contributed by atoms with E-state index < -0.39 is 10.0 Å². The van der Waals surface area contributed by atoms with Crippen molar-refractivity contribution in [2.45, 2.75) is 17.7 Å². The molecule has 0 atom stereocenters. The van der Waals surface area contributed by atoms with E-state index in [4.69, 9.17) is 22.4 Å². The highest BCUT2D eigenvalue weighted by Gasteiger charge is 2.42. The van der Waals surface area contributed by atoms with E-state index in [9.17, 15) is 8.42 Å². The zero-order chi connectivity index (χ0) is 13.4. The summed E-state index contributed by atoms with van der Waals surface area (Å²) < 4.78 is 26.6. The third kappa shape index (κ3) is 2.77. The third-order valence-electron chi connectivity index (χ3n) is 3.19. The summed E-state index contributed by atoms with van der Waals surface area (Å²) in [6.45, 7) is 0.222. The molecule has 7 heteroatoms. The van der Waals surface area contributed by atoms with Crippen LogP contribution in [0.25, 0.3) is 0 Å². The van der Waals surface area contributed by atoms with E-state index in [-0.39, 0.29) is 29.1 Å². The van der Waals surface area contributed by atoms with Gasteiger partial charge in [0.25, 0.3) is 0 Å². The number of aliphatic hydroxyl groups excluding tert-OH is 1. The smallest absolute Gasteiger partial charge is 0.242 e. The molecule has 1 aliphatic rings. The van der Waals surface area contributed by atoms with Crippen LogP contribution in [0.4, 0.5) is 5.69 Å². The van der Waals surface area contributed by atoms with Crippen LogP contribution in [0, 0.1) is 5.41 Å². The quantitative estimate of drug-likeness (QED) is 0.705. The number of benzene rings is 1. The average Bonchev–Trinajstić information content (AvgIpc) is 3.07. The summed E-state index contributed by atoms with van der Waals surface area (Å²) in [4.78, 5) is 0.0145. The summed E-state index contributed by atoms with van der Waals surface area (Å²) in [6.07, 6.45) is 1.67. The number of sulfonamides is 1. The van der Waals surface area contributed by atoms with Crippen molar-refractivity contribution in [3.05, 3.63) is 23.2 Å². The lowest BCUT2D eigenvalue weighted by Crippen LogP contribution is -2.32. The van der Waals surface area contributed by atoms with E-state index in [0.29, 0.717) is 5.02 Å². The summed E-state index contributed by atoms with van der Waals surface area (Å²) in [5.74, 6) is 0. The SMILES string of the molecule is Nc1cc(Cl)ccc1S(=O)(=O)NCC1(CO)CC1. The number of hydrogen-bond acceptors (Lipinski definition) is 4. The molecule has 4 N–H and O–H groups in total. The molecule has 0 heterocycles. The third-order valence-corrected chi connectivity index (χ3v) is 4.90. The number of hydrogen-bond donors (Lipinski definition) is 3. The number of nitrogens with two attached hydrogens (primary N) is 1. The Kier molecular flexibility index (Phi) is 3.55. The second-order valence-electron chi connectivity index (χ2n) is 4.66. The maximum absolute atomic E-state index is 12.0. The molecule has 0 amide bonds. The largest absolute Gasteiger partial charge is 0.398 e. The van der Waals surface area contributed by atoms with Crippen LogP contribution in [-0.4, -0.2) is 26.7 Å². The van der Waals surface area contributed by atoms with Crippen LogP contribution >= 0.6 is 11.6 Å². The Balaban J connectivity index is 2.15. The van der Waals surface area contributed by atoms with Crippen LogP contribution in [0.15, 0.2) is 23.1 Å². The first kappa shape index (κ1) is 13.6. The Morgan fingerprint density at radius 2 is 2.11 bits per heavy atom. The number of halogens is 1. The second-order valence-corrected chi connectivity index (χ2v) is 6.84. The van der Waals surface area contributed by atoms with Gasteiger partial charge in [-0.15, -0.1) is 0 Å². The predicted octanol–water partition coefficient (Wildman–Crippen LogP) is 0.973. The number of anilines is 1. The highest BCUT2D eigenvalue weighted by molar-refractivity contribution is 7.89. The molecule has 1 fully saturated rings. The lowest BCUT2D eigenvalue weighted by atomic mass is 10.1. The van der Waals surface area contributed by atoms with E-state index >= 15 is 0 Å². The normalized spacial score (nSPS) is 17.7. The minimum atomic E-state index is -3.66. The fourth-order valence-electron chi connectivity index (χ4n) is 1.66. The monoisotopic (exact) mass is 290 g/mol. The van der Waals surface area contributed by atoms with Crippen molar-refractivity contribution in [3.63, 3.8) is 0 Å². The molecule has 1 aliphatic carbocycles. The molecule has 0 aromatic heterocycles. The molecule has 1 aromatic carbocycles. The number of nitrogen functional groups attached to an aromatic ring is 1. The highest BCUT2D eigenvalue weighted by atomic mass is 35.5. The molecule has 0 bridgehead atoms. The van der Waals surface area contributed by atoms with Gasteiger partial charge in [0.15, 0.2) is 0 Å². The van der Waals surface area contributed by atoms with Crippen molar-refractivity contribution in [3.8, 4) is 0 Å². The van der Waals surface area contributed by atoms with E-state index in [2.05, 4.69) is 4.72 Å². The zero-order valence-electron chi connectivity index (χ0n) is 9.69. The number of rotatable bonds is 5. The van der Waals surface area contributed by atoms with Gasteiger partial charge in [-0.2, -0.15) is 0 Å². The topological polar surface area (TPSA) is 92.4 Å². The van der Waals surface area contributed by atoms with E-state index in [1.54, 1.807) is 0 Å². The molecule has 0 spiro atoms. The second kappa shape index (κ2) is 4.70. The van der Waals surface area contributed by atoms with Crippen LogP contribution < -0.4 is 10.5 Å². The first-order valence-electron chi connectivity index (χ1n) is 5.54. The number of aliphatic hydroxyl groups is 1. The summed E-state index contributed by atoms with van der Waals surface area (Å²) in [7, 11) is -3.66. The lowest BCUT2D eigenvalue weighted by Gasteiger charge is -2.14. The van der Waals surface area contributed by atoms with E-state index in [1.807, 2.05) is 0 Å². The van der Waals surface area contributed by atoms with Crippen LogP contribution in [0.3, 0.4) is 0 Å². The molecule has 5 nitrogen and oxygen atoms in total. The van der Waals surface area contributed by atoms with Crippen molar-refractivity contribution in [1.29, 1.82) is 0 Å². The molecule has 18 heavy (non-hydrogen) atoms. The van der Waals surface area contributed by atoms with Crippen molar-refractivity contribution < 1.29 is 13.5 Å². The Bertz CT molecular complexity index is 555. The summed E-state index contributed by atoms with van der Waals surface area (Å²) in [6, 6.07) is 4.25. The van der Waals surface area contributed by atoms with Gasteiger partial charge in [-0.25, -0.2) is 13.1 Å². The maximum atomic E-state index is 12.0. The van der Waals surface area contributed by atoms with Crippen molar-refractivity contribution in [1.82, 2.24) is 4.72 Å². The maximum Gasteiger partial charge on any atom is 0.242 e. The van der Waals surface area contributed by atoms with Crippen molar-refractivity contribution in [2.75, 3.05) is 18.9 Å². The minimum absolute atomic E-state index is 0.00831. The van der Waals surface area contributed by atoms with E-state index in [0.717, 1.165) is 12.8 Å². The molecule has 0 aliphatic heterocycles. The first-order chi connectivity index (χ1) is 8.38. The van der Waals surface area contributed by atoms with Gasteiger partial charge in [0.2, 0.25) is 10.0 Å². The van der Waals surface area contributed by atoms with E-state index in [1.165, 1.54) is 18.2 Å². The van der Waals surface area contributed by atoms with Gasteiger partial charge in [0.05, 0.1) is 5.69 Å². The average molecular weight is 291 g/mol. The molecule has 100 valence electrons. The lowest BCUT2D eigenvalue weighted by molar-refractivity contribution is 0.213. The van der Waals surface area contributed by atoms with Gasteiger partial charge < -0.3 is 10.8 Å². The Morgan fingerprint density at radius 3 is 2.61 bits per heavy atom. The molecule has 0 unspecified atom stereocenters. The van der Waals surface area contributed by atoms with Gasteiger partial charge in [0.1, 0.15) is 4.90 Å². The summed E-state index contributed by atoms with van der Waals surface area (Å²) in [5, 5.41) is 9.53. The van der Waals surface area contributed by atoms with Gasteiger partial charge >= 0.3 is 0 Å². The van der Waals surface area contributed by atoms with Crippen molar-refractivity contribution >= 4 is 27.3 Å². The zero-order valence-corrected chi connectivity index (χ0v) is 11.3. The Hall–Kier alpha value is -0.820. The first-order valence-corrected chi connectivity index (χ1v) is 7.40. The molecule has 0 saturated heterocycles. The minimum Gasteiger partial charge on any atom is -0.398 e. The molecular weight excluding hydrogens is 276 g/mol. The van der Waals surface area contributed by atoms with Crippen LogP contribution in [0.5, 0.6) is 0 Å². The van der Waals surface area contributed by atoms with Crippen LogP contribution in [-0.2, 0) is 10.0 Å². The van der Waals surface area contributed by atoms with Gasteiger partial charge in [0, 0.05) is 23.6 Å². The highest BCUT2D eigenvalue weighted by Crippen LogP contribution is 2.44. The summed E-state index contributed by atoms with van der Waals surface area (Å²) >= 11 is 5.72. The van der Waals surface area contributed by atoms with Crippen molar-refractivity contribution in [2.24, 2.45) is 5.41 Å². The molecular formula is C11H15ClN2O3S. The fraction of sp³-hybridized carbons (Fsp3) is 0.455. The molecule has 1 aromatic rings. The molecule has 2 rings (SSSR count). The van der Waals surface area contributed by atoms with Gasteiger partial charge in [-0.05, 0) is 31.0 Å². The predicted molar refractivity (Wildman–Crippen MR) is 69.8 cm³/mol.